The van der Waals surface area contributed by atoms with Crippen molar-refractivity contribution in [3.05, 3.63) is 41.6 Å². The molecule has 0 radical (unpaired) electrons. The third-order valence-electron chi connectivity index (χ3n) is 5.97. The Balaban J connectivity index is 1.35. The fourth-order valence-corrected chi connectivity index (χ4v) is 4.10. The van der Waals surface area contributed by atoms with Crippen LogP contribution in [0.4, 0.5) is 22.2 Å². The third-order valence-corrected chi connectivity index (χ3v) is 5.97. The van der Waals surface area contributed by atoms with Gasteiger partial charge >= 0.3 is 6.03 Å². The van der Waals surface area contributed by atoms with Gasteiger partial charge in [0.05, 0.1) is 0 Å². The molecule has 2 fully saturated rings. The summed E-state index contributed by atoms with van der Waals surface area (Å²) in [5, 5.41) is 3.01. The van der Waals surface area contributed by atoms with E-state index in [1.807, 2.05) is 24.0 Å². The highest BCUT2D eigenvalue weighted by Crippen LogP contribution is 2.22. The number of anilines is 3. The van der Waals surface area contributed by atoms with Crippen molar-refractivity contribution in [2.45, 2.75) is 39.5 Å². The van der Waals surface area contributed by atoms with Gasteiger partial charge in [-0.1, -0.05) is 19.1 Å². The average Bonchev–Trinajstić information content (AvgIpc) is 2.80. The van der Waals surface area contributed by atoms with Crippen LogP contribution < -0.4 is 15.1 Å². The van der Waals surface area contributed by atoms with Crippen molar-refractivity contribution in [1.82, 2.24) is 14.9 Å². The molecular formula is C23H32N6O. The Morgan fingerprint density at radius 1 is 0.933 bits per heavy atom. The molecule has 0 saturated carbocycles. The molecule has 1 aromatic carbocycles. The molecule has 2 amide bonds. The molecule has 2 aliphatic rings. The van der Waals surface area contributed by atoms with Crippen LogP contribution in [0.2, 0.25) is 0 Å². The molecule has 30 heavy (non-hydrogen) atoms. The van der Waals surface area contributed by atoms with Crippen molar-refractivity contribution >= 4 is 23.5 Å². The molecular weight excluding hydrogens is 376 g/mol. The molecule has 160 valence electrons. The van der Waals surface area contributed by atoms with Gasteiger partial charge in [0.1, 0.15) is 5.82 Å². The molecule has 7 nitrogen and oxygen atoms in total. The number of amides is 2. The van der Waals surface area contributed by atoms with E-state index in [0.717, 1.165) is 55.7 Å². The van der Waals surface area contributed by atoms with Gasteiger partial charge in [0.25, 0.3) is 0 Å². The number of carbonyl (C=O) groups is 1. The van der Waals surface area contributed by atoms with Crippen LogP contribution in [0.15, 0.2) is 30.3 Å². The quantitative estimate of drug-likeness (QED) is 0.836. The largest absolute Gasteiger partial charge is 0.356 e. The van der Waals surface area contributed by atoms with Crippen LogP contribution in [0.5, 0.6) is 0 Å². The average molecular weight is 409 g/mol. The van der Waals surface area contributed by atoms with Crippen molar-refractivity contribution in [1.29, 1.82) is 0 Å². The molecule has 3 heterocycles. The second-order valence-corrected chi connectivity index (χ2v) is 8.17. The first-order chi connectivity index (χ1) is 14.6. The summed E-state index contributed by atoms with van der Waals surface area (Å²) in [6.07, 6.45) is 4.76. The van der Waals surface area contributed by atoms with Crippen molar-refractivity contribution in [2.75, 3.05) is 54.4 Å². The van der Waals surface area contributed by atoms with Gasteiger partial charge < -0.3 is 20.0 Å². The number of hydrogen-bond donors (Lipinski definition) is 1. The molecule has 0 atom stereocenters. The van der Waals surface area contributed by atoms with E-state index in [4.69, 9.17) is 4.98 Å². The lowest BCUT2D eigenvalue weighted by atomic mass is 10.1. The van der Waals surface area contributed by atoms with E-state index >= 15 is 0 Å². The van der Waals surface area contributed by atoms with Crippen molar-refractivity contribution in [3.8, 4) is 0 Å². The normalized spacial score (nSPS) is 17.2. The van der Waals surface area contributed by atoms with Crippen LogP contribution in [0, 0.1) is 6.92 Å². The van der Waals surface area contributed by atoms with E-state index in [-0.39, 0.29) is 6.03 Å². The summed E-state index contributed by atoms with van der Waals surface area (Å²) in [5.41, 5.74) is 3.10. The number of aromatic nitrogens is 2. The van der Waals surface area contributed by atoms with Gasteiger partial charge in [-0.15, -0.1) is 0 Å². The Morgan fingerprint density at radius 3 is 2.30 bits per heavy atom. The van der Waals surface area contributed by atoms with Crippen LogP contribution >= 0.6 is 0 Å². The summed E-state index contributed by atoms with van der Waals surface area (Å²) in [6, 6.07) is 10.1. The summed E-state index contributed by atoms with van der Waals surface area (Å²) >= 11 is 0. The molecule has 1 N–H and O–H groups in total. The van der Waals surface area contributed by atoms with E-state index < -0.39 is 0 Å². The lowest BCUT2D eigenvalue weighted by Gasteiger charge is -2.35. The predicted octanol–water partition coefficient (Wildman–Crippen LogP) is 3.69. The molecule has 0 spiro atoms. The molecule has 7 heteroatoms. The molecule has 2 aliphatic heterocycles. The molecule has 0 bridgehead atoms. The highest BCUT2D eigenvalue weighted by molar-refractivity contribution is 5.89. The minimum Gasteiger partial charge on any atom is -0.356 e. The van der Waals surface area contributed by atoms with Gasteiger partial charge in [-0.05, 0) is 50.3 Å². The van der Waals surface area contributed by atoms with Gasteiger partial charge in [0.2, 0.25) is 5.95 Å². The van der Waals surface area contributed by atoms with Gasteiger partial charge in [-0.3, -0.25) is 0 Å². The highest BCUT2D eigenvalue weighted by Gasteiger charge is 2.24. The maximum atomic E-state index is 12.6. The van der Waals surface area contributed by atoms with Crippen LogP contribution in [-0.4, -0.2) is 60.2 Å². The number of nitrogens with one attached hydrogen (secondary N) is 1. The number of piperazine rings is 1. The zero-order valence-electron chi connectivity index (χ0n) is 18.1. The smallest absolute Gasteiger partial charge is 0.321 e. The number of benzene rings is 1. The first-order valence-corrected chi connectivity index (χ1v) is 11.1. The summed E-state index contributed by atoms with van der Waals surface area (Å²) in [7, 11) is 0. The number of carbonyl (C=O) groups excluding carboxylic acids is 1. The van der Waals surface area contributed by atoms with Crippen LogP contribution in [-0.2, 0) is 6.42 Å². The molecule has 2 saturated heterocycles. The third kappa shape index (κ3) is 4.83. The van der Waals surface area contributed by atoms with Crippen LogP contribution in [0.25, 0.3) is 0 Å². The Morgan fingerprint density at radius 2 is 1.63 bits per heavy atom. The number of hydrogen-bond acceptors (Lipinski definition) is 5. The fourth-order valence-electron chi connectivity index (χ4n) is 4.10. The first-order valence-electron chi connectivity index (χ1n) is 11.1. The van der Waals surface area contributed by atoms with Gasteiger partial charge in [0, 0.05) is 56.7 Å². The summed E-state index contributed by atoms with van der Waals surface area (Å²) in [6.45, 7) is 9.11. The Bertz CT molecular complexity index is 854. The predicted molar refractivity (Wildman–Crippen MR) is 121 cm³/mol. The van der Waals surface area contributed by atoms with Crippen molar-refractivity contribution in [2.24, 2.45) is 0 Å². The molecule has 4 rings (SSSR count). The van der Waals surface area contributed by atoms with E-state index in [9.17, 15) is 4.79 Å². The standard InChI is InChI=1S/C23H32N6O/c1-3-19-7-9-20(10-8-19)25-23(30)29-15-13-28(14-16-29)22-24-18(2)17-21(26-22)27-11-5-4-6-12-27/h7-10,17H,3-6,11-16H2,1-2H3,(H,25,30). The van der Waals surface area contributed by atoms with Crippen molar-refractivity contribution in [3.63, 3.8) is 0 Å². The van der Waals surface area contributed by atoms with Gasteiger partial charge in [0.15, 0.2) is 0 Å². The Kier molecular flexibility index (Phi) is 6.35. The van der Waals surface area contributed by atoms with E-state index in [2.05, 4.69) is 45.2 Å². The number of nitrogens with zero attached hydrogens (tertiary/aromatic N) is 5. The van der Waals surface area contributed by atoms with E-state index in [1.54, 1.807) is 0 Å². The fraction of sp³-hybridized carbons (Fsp3) is 0.522. The number of piperidine rings is 1. The van der Waals surface area contributed by atoms with E-state index in [0.29, 0.717) is 13.1 Å². The topological polar surface area (TPSA) is 64.6 Å². The second kappa shape index (κ2) is 9.32. The van der Waals surface area contributed by atoms with E-state index in [1.165, 1.54) is 24.8 Å². The Labute approximate surface area is 179 Å². The minimum absolute atomic E-state index is 0.0435. The molecule has 1 aromatic heterocycles. The maximum absolute atomic E-state index is 12.6. The lowest BCUT2D eigenvalue weighted by molar-refractivity contribution is 0.208. The zero-order chi connectivity index (χ0) is 20.9. The monoisotopic (exact) mass is 408 g/mol. The van der Waals surface area contributed by atoms with Crippen LogP contribution in [0.1, 0.15) is 37.4 Å². The minimum atomic E-state index is -0.0435. The van der Waals surface area contributed by atoms with Gasteiger partial charge in [-0.25, -0.2) is 9.78 Å². The second-order valence-electron chi connectivity index (χ2n) is 8.17. The Hall–Kier alpha value is -2.83. The SMILES string of the molecule is CCc1ccc(NC(=O)N2CCN(c3nc(C)cc(N4CCCCC4)n3)CC2)cc1. The number of urea groups is 1. The van der Waals surface area contributed by atoms with Crippen molar-refractivity contribution < 1.29 is 4.79 Å². The first kappa shape index (κ1) is 20.4. The van der Waals surface area contributed by atoms with Gasteiger partial charge in [-0.2, -0.15) is 4.98 Å². The van der Waals surface area contributed by atoms with Crippen LogP contribution in [0.3, 0.4) is 0 Å². The summed E-state index contributed by atoms with van der Waals surface area (Å²) in [4.78, 5) is 28.6. The number of rotatable bonds is 4. The lowest BCUT2D eigenvalue weighted by Crippen LogP contribution is -2.50. The highest BCUT2D eigenvalue weighted by atomic mass is 16.2. The zero-order valence-corrected chi connectivity index (χ0v) is 18.1. The maximum Gasteiger partial charge on any atom is 0.321 e. The molecule has 0 aliphatic carbocycles. The molecule has 2 aromatic rings. The molecule has 0 unspecified atom stereocenters. The summed E-state index contributed by atoms with van der Waals surface area (Å²) in [5.74, 6) is 1.82. The summed E-state index contributed by atoms with van der Waals surface area (Å²) < 4.78 is 0. The number of aryl methyl sites for hydroxylation is 2.